The lowest BCUT2D eigenvalue weighted by Gasteiger charge is -2.09. The van der Waals surface area contributed by atoms with Gasteiger partial charge in [-0.15, -0.1) is 0 Å². The zero-order valence-corrected chi connectivity index (χ0v) is 17.1. The number of rotatable bonds is 8. The minimum absolute atomic E-state index is 0.184. The van der Waals surface area contributed by atoms with E-state index in [0.717, 1.165) is 19.4 Å². The Morgan fingerprint density at radius 3 is 2.60 bits per heavy atom. The number of amides is 1. The molecule has 0 spiro atoms. The van der Waals surface area contributed by atoms with Crippen molar-refractivity contribution < 1.29 is 4.79 Å². The lowest BCUT2D eigenvalue weighted by atomic mass is 10.1. The number of carbonyl (C=O) groups excluding carboxylic acids is 1. The summed E-state index contributed by atoms with van der Waals surface area (Å²) in [6, 6.07) is 12.1. The van der Waals surface area contributed by atoms with Crippen molar-refractivity contribution in [1.29, 1.82) is 5.26 Å². The van der Waals surface area contributed by atoms with Crippen molar-refractivity contribution in [2.24, 2.45) is 0 Å². The van der Waals surface area contributed by atoms with Gasteiger partial charge in [0.05, 0.1) is 22.8 Å². The molecule has 0 fully saturated rings. The monoisotopic (exact) mass is 404 g/mol. The molecule has 0 saturated heterocycles. The van der Waals surface area contributed by atoms with Gasteiger partial charge in [-0.2, -0.15) is 5.26 Å². The van der Waals surface area contributed by atoms with Crippen molar-refractivity contribution in [2.45, 2.75) is 12.8 Å². The van der Waals surface area contributed by atoms with Crippen LogP contribution in [-0.2, 0) is 0 Å². The van der Waals surface area contributed by atoms with Crippen molar-refractivity contribution in [1.82, 2.24) is 25.0 Å². The summed E-state index contributed by atoms with van der Waals surface area (Å²) in [6.07, 6.45) is 4.98. The average molecular weight is 404 g/mol. The van der Waals surface area contributed by atoms with Crippen LogP contribution in [0.5, 0.6) is 0 Å². The number of hydrogen-bond acceptors (Lipinski definition) is 5. The highest BCUT2D eigenvalue weighted by Crippen LogP contribution is 2.16. The molecule has 0 atom stereocenters. The average Bonchev–Trinajstić information content (AvgIpc) is 3.14. The molecule has 1 amide bonds. The van der Waals surface area contributed by atoms with Crippen LogP contribution in [0.4, 0.5) is 0 Å². The second kappa shape index (κ2) is 9.67. The number of benzene rings is 1. The molecule has 30 heavy (non-hydrogen) atoms. The van der Waals surface area contributed by atoms with Crippen LogP contribution in [0.25, 0.3) is 16.9 Å². The Balaban J connectivity index is 1.66. The molecule has 0 aliphatic heterocycles. The van der Waals surface area contributed by atoms with Crippen molar-refractivity contribution in [3.63, 3.8) is 0 Å². The molecule has 8 nitrogen and oxygen atoms in total. The van der Waals surface area contributed by atoms with Crippen LogP contribution in [0.15, 0.2) is 53.6 Å². The van der Waals surface area contributed by atoms with Gasteiger partial charge in [-0.25, -0.2) is 9.67 Å². The molecule has 0 saturated carbocycles. The second-order valence-electron chi connectivity index (χ2n) is 7.19. The maximum atomic E-state index is 12.7. The molecule has 0 unspecified atom stereocenters. The molecule has 1 aromatic carbocycles. The van der Waals surface area contributed by atoms with Gasteiger partial charge in [0, 0.05) is 18.9 Å². The van der Waals surface area contributed by atoms with Gasteiger partial charge in [0.2, 0.25) is 0 Å². The quantitative estimate of drug-likeness (QED) is 0.560. The minimum Gasteiger partial charge on any atom is -0.352 e. The minimum atomic E-state index is -0.259. The summed E-state index contributed by atoms with van der Waals surface area (Å²) in [4.78, 5) is 31.3. The van der Waals surface area contributed by atoms with Crippen LogP contribution >= 0.6 is 0 Å². The summed E-state index contributed by atoms with van der Waals surface area (Å²) < 4.78 is 1.32. The van der Waals surface area contributed by atoms with Crippen molar-refractivity contribution in [3.8, 4) is 23.0 Å². The first-order valence-electron chi connectivity index (χ1n) is 9.70. The molecule has 3 aromatic rings. The molecule has 2 N–H and O–H groups in total. The van der Waals surface area contributed by atoms with Crippen LogP contribution in [-0.4, -0.2) is 52.8 Å². The van der Waals surface area contributed by atoms with Crippen LogP contribution in [0.3, 0.4) is 0 Å². The van der Waals surface area contributed by atoms with Crippen LogP contribution in [0, 0.1) is 11.3 Å². The third kappa shape index (κ3) is 5.01. The lowest BCUT2D eigenvalue weighted by molar-refractivity contribution is 0.0952. The predicted molar refractivity (Wildman–Crippen MR) is 114 cm³/mol. The fourth-order valence-electron chi connectivity index (χ4n) is 2.98. The van der Waals surface area contributed by atoms with Gasteiger partial charge in [-0.1, -0.05) is 12.1 Å². The second-order valence-corrected chi connectivity index (χ2v) is 7.19. The van der Waals surface area contributed by atoms with Crippen LogP contribution in [0.2, 0.25) is 0 Å². The third-order valence-electron chi connectivity index (χ3n) is 4.65. The first kappa shape index (κ1) is 21.0. The molecule has 0 bridgehead atoms. The number of nitriles is 1. The van der Waals surface area contributed by atoms with Crippen molar-refractivity contribution in [2.75, 3.05) is 27.2 Å². The highest BCUT2D eigenvalue weighted by atomic mass is 16.1. The number of aromatic nitrogens is 3. The van der Waals surface area contributed by atoms with E-state index >= 15 is 0 Å². The van der Waals surface area contributed by atoms with Gasteiger partial charge in [-0.05, 0) is 63.3 Å². The largest absolute Gasteiger partial charge is 0.352 e. The molecule has 3 rings (SSSR count). The lowest BCUT2D eigenvalue weighted by Crippen LogP contribution is -2.25. The summed E-state index contributed by atoms with van der Waals surface area (Å²) in [7, 11) is 4.04. The predicted octanol–water partition coefficient (Wildman–Crippen LogP) is 2.17. The van der Waals surface area contributed by atoms with Crippen LogP contribution in [0.1, 0.15) is 28.8 Å². The summed E-state index contributed by atoms with van der Waals surface area (Å²) >= 11 is 0. The summed E-state index contributed by atoms with van der Waals surface area (Å²) in [5.41, 5.74) is 1.89. The van der Waals surface area contributed by atoms with Crippen molar-refractivity contribution >= 4 is 5.91 Å². The summed E-state index contributed by atoms with van der Waals surface area (Å²) in [5.74, 6) is 0.207. The molecule has 0 aliphatic rings. The number of aromatic amines is 1. The third-order valence-corrected chi connectivity index (χ3v) is 4.65. The smallest absolute Gasteiger partial charge is 0.280 e. The number of carbonyl (C=O) groups is 1. The van der Waals surface area contributed by atoms with E-state index in [1.54, 1.807) is 42.6 Å². The van der Waals surface area contributed by atoms with Gasteiger partial charge in [0.1, 0.15) is 0 Å². The number of nitrogens with one attached hydrogen (secondary N) is 2. The topological polar surface area (TPSA) is 107 Å². The summed E-state index contributed by atoms with van der Waals surface area (Å²) in [5, 5.41) is 14.7. The number of unbranched alkanes of at least 4 members (excludes halogenated alkanes) is 1. The standard InChI is InChI=1S/C22H24N6O2/c1-27(2)12-4-3-11-24-21(29)18-9-10-20(25-14-18)28-22(30)19(15-26-28)17-7-5-16(13-23)6-8-17/h5-10,14-15,26H,3-4,11-12H2,1-2H3,(H,24,29). The van der Waals surface area contributed by atoms with E-state index in [9.17, 15) is 9.59 Å². The van der Waals surface area contributed by atoms with E-state index < -0.39 is 0 Å². The normalized spacial score (nSPS) is 10.7. The highest BCUT2D eigenvalue weighted by Gasteiger charge is 2.12. The van der Waals surface area contributed by atoms with E-state index in [4.69, 9.17) is 5.26 Å². The number of hydrogen-bond donors (Lipinski definition) is 2. The van der Waals surface area contributed by atoms with Gasteiger partial charge < -0.3 is 10.2 Å². The Kier molecular flexibility index (Phi) is 6.78. The van der Waals surface area contributed by atoms with E-state index in [1.165, 1.54) is 10.9 Å². The molecule has 0 radical (unpaired) electrons. The molecule has 0 aliphatic carbocycles. The Morgan fingerprint density at radius 2 is 1.97 bits per heavy atom. The van der Waals surface area contributed by atoms with Crippen molar-refractivity contribution in [3.05, 3.63) is 70.3 Å². The molecule has 2 heterocycles. The SMILES string of the molecule is CN(C)CCCCNC(=O)c1ccc(-n2[nH]cc(-c3ccc(C#N)cc3)c2=O)nc1. The Hall–Kier alpha value is -3.70. The van der Waals surface area contributed by atoms with E-state index in [0.29, 0.717) is 34.6 Å². The molecule has 154 valence electrons. The zero-order chi connectivity index (χ0) is 21.5. The van der Waals surface area contributed by atoms with Gasteiger partial charge in [0.15, 0.2) is 5.82 Å². The van der Waals surface area contributed by atoms with E-state index in [1.807, 2.05) is 14.1 Å². The fourth-order valence-corrected chi connectivity index (χ4v) is 2.98. The zero-order valence-electron chi connectivity index (χ0n) is 17.1. The molecular weight excluding hydrogens is 380 g/mol. The molecule has 8 heteroatoms. The first-order chi connectivity index (χ1) is 14.5. The molecular formula is C22H24N6O2. The number of pyridine rings is 1. The van der Waals surface area contributed by atoms with Gasteiger partial charge >= 0.3 is 0 Å². The number of H-pyrrole nitrogens is 1. The summed E-state index contributed by atoms with van der Waals surface area (Å²) in [6.45, 7) is 1.60. The van der Waals surface area contributed by atoms with E-state index in [2.05, 4.69) is 26.4 Å². The van der Waals surface area contributed by atoms with Crippen LogP contribution < -0.4 is 10.9 Å². The Labute approximate surface area is 174 Å². The number of nitrogens with zero attached hydrogens (tertiary/aromatic N) is 4. The Bertz CT molecular complexity index is 1090. The highest BCUT2D eigenvalue weighted by molar-refractivity contribution is 5.93. The molecule has 2 aromatic heterocycles. The maximum absolute atomic E-state index is 12.7. The van der Waals surface area contributed by atoms with E-state index in [-0.39, 0.29) is 11.5 Å². The van der Waals surface area contributed by atoms with Gasteiger partial charge in [-0.3, -0.25) is 14.7 Å². The maximum Gasteiger partial charge on any atom is 0.280 e. The Morgan fingerprint density at radius 1 is 1.20 bits per heavy atom. The van der Waals surface area contributed by atoms with Gasteiger partial charge in [0.25, 0.3) is 11.5 Å². The fraction of sp³-hybridized carbons (Fsp3) is 0.273. The first-order valence-corrected chi connectivity index (χ1v) is 9.70.